The van der Waals surface area contributed by atoms with Crippen LogP contribution >= 0.6 is 0 Å². The summed E-state index contributed by atoms with van der Waals surface area (Å²) in [4.78, 5) is 0. The number of phenols is 2. The molecule has 26 heavy (non-hydrogen) atoms. The Morgan fingerprint density at radius 1 is 0.500 bits per heavy atom. The summed E-state index contributed by atoms with van der Waals surface area (Å²) in [6.07, 6.45) is 7.00. The van der Waals surface area contributed by atoms with Gasteiger partial charge in [0, 0.05) is 0 Å². The molecule has 4 nitrogen and oxygen atoms in total. The molecule has 0 radical (unpaired) electrons. The normalized spacial score (nSPS) is 10.9. The maximum Gasteiger partial charge on any atom is 0.115 e. The highest BCUT2D eigenvalue weighted by atomic mass is 16.3. The van der Waals surface area contributed by atoms with Crippen LogP contribution in [0.3, 0.4) is 0 Å². The molecule has 0 fully saturated rings. The van der Waals surface area contributed by atoms with Crippen LogP contribution in [0.25, 0.3) is 0 Å². The molecule has 0 unspecified atom stereocenters. The summed E-state index contributed by atoms with van der Waals surface area (Å²) in [6, 6.07) is 14.9. The molecule has 0 aliphatic heterocycles. The summed E-state index contributed by atoms with van der Waals surface area (Å²) < 4.78 is 0. The highest BCUT2D eigenvalue weighted by Crippen LogP contribution is 2.10. The number of aromatic hydroxyl groups is 2. The van der Waals surface area contributed by atoms with Gasteiger partial charge in [-0.05, 0) is 87.3 Å². The van der Waals surface area contributed by atoms with Crippen LogP contribution in [0.15, 0.2) is 48.5 Å². The van der Waals surface area contributed by atoms with Gasteiger partial charge in [0.25, 0.3) is 0 Å². The van der Waals surface area contributed by atoms with Crippen LogP contribution in [-0.2, 0) is 12.8 Å². The van der Waals surface area contributed by atoms with Crippen molar-refractivity contribution in [1.29, 1.82) is 0 Å². The number of rotatable bonds is 13. The Balaban J connectivity index is 1.35. The second-order valence-corrected chi connectivity index (χ2v) is 6.75. The Hall–Kier alpha value is -2.04. The van der Waals surface area contributed by atoms with E-state index in [1.165, 1.54) is 36.8 Å². The van der Waals surface area contributed by atoms with Gasteiger partial charge in [0.15, 0.2) is 0 Å². The molecule has 0 aliphatic rings. The summed E-state index contributed by atoms with van der Waals surface area (Å²) >= 11 is 0. The first kappa shape index (κ1) is 20.3. The molecule has 0 atom stereocenters. The lowest BCUT2D eigenvalue weighted by atomic mass is 10.1. The van der Waals surface area contributed by atoms with Gasteiger partial charge < -0.3 is 20.8 Å². The van der Waals surface area contributed by atoms with Gasteiger partial charge in [-0.1, -0.05) is 37.1 Å². The van der Waals surface area contributed by atoms with Crippen molar-refractivity contribution < 1.29 is 10.2 Å². The zero-order valence-corrected chi connectivity index (χ0v) is 15.6. The second kappa shape index (κ2) is 12.3. The first-order valence-corrected chi connectivity index (χ1v) is 9.71. The molecular weight excluding hydrogens is 324 g/mol. The van der Waals surface area contributed by atoms with E-state index in [0.717, 1.165) is 39.0 Å². The molecule has 2 aromatic carbocycles. The summed E-state index contributed by atoms with van der Waals surface area (Å²) in [5, 5.41) is 25.5. The average molecular weight is 357 g/mol. The molecule has 0 spiro atoms. The third-order valence-corrected chi connectivity index (χ3v) is 4.51. The van der Waals surface area contributed by atoms with Gasteiger partial charge in [-0.15, -0.1) is 0 Å². The first-order valence-electron chi connectivity index (χ1n) is 9.71. The Labute approximate surface area is 157 Å². The fourth-order valence-electron chi connectivity index (χ4n) is 2.89. The van der Waals surface area contributed by atoms with Crippen LogP contribution in [0.1, 0.15) is 36.8 Å². The molecule has 0 bridgehead atoms. The van der Waals surface area contributed by atoms with Crippen molar-refractivity contribution in [1.82, 2.24) is 10.6 Å². The van der Waals surface area contributed by atoms with E-state index in [1.807, 2.05) is 24.3 Å². The molecule has 2 rings (SSSR count). The maximum absolute atomic E-state index is 9.25. The third kappa shape index (κ3) is 8.88. The number of nitrogens with one attached hydrogen (secondary N) is 2. The molecule has 0 saturated heterocycles. The molecule has 4 heteroatoms. The van der Waals surface area contributed by atoms with E-state index in [9.17, 15) is 10.2 Å². The van der Waals surface area contributed by atoms with E-state index in [2.05, 4.69) is 10.6 Å². The molecular formula is C22H32N2O2. The van der Waals surface area contributed by atoms with Crippen molar-refractivity contribution in [3.8, 4) is 11.5 Å². The quantitative estimate of drug-likeness (QED) is 0.414. The minimum Gasteiger partial charge on any atom is -0.508 e. The van der Waals surface area contributed by atoms with E-state index in [4.69, 9.17) is 0 Å². The van der Waals surface area contributed by atoms with Crippen LogP contribution in [0.5, 0.6) is 11.5 Å². The van der Waals surface area contributed by atoms with Crippen LogP contribution < -0.4 is 10.6 Å². The second-order valence-electron chi connectivity index (χ2n) is 6.75. The number of benzene rings is 2. The Bertz CT molecular complexity index is 541. The molecule has 0 amide bonds. The molecule has 2 aromatic rings. The highest BCUT2D eigenvalue weighted by Gasteiger charge is 1.96. The lowest BCUT2D eigenvalue weighted by Crippen LogP contribution is -2.19. The smallest absolute Gasteiger partial charge is 0.115 e. The van der Waals surface area contributed by atoms with Crippen LogP contribution in [-0.4, -0.2) is 36.4 Å². The van der Waals surface area contributed by atoms with Gasteiger partial charge in [0.1, 0.15) is 11.5 Å². The number of hydrogen-bond donors (Lipinski definition) is 4. The summed E-state index contributed by atoms with van der Waals surface area (Å²) in [6.45, 7) is 4.13. The van der Waals surface area contributed by atoms with E-state index in [-0.39, 0.29) is 0 Å². The zero-order chi connectivity index (χ0) is 18.5. The van der Waals surface area contributed by atoms with E-state index < -0.39 is 0 Å². The standard InChI is InChI=1S/C22H32N2O2/c25-21-9-5-19(6-10-21)13-17-23-15-3-1-2-4-16-24-18-14-20-7-11-22(26)12-8-20/h5-12,23-26H,1-4,13-18H2. The van der Waals surface area contributed by atoms with Gasteiger partial charge in [0.2, 0.25) is 0 Å². The molecule has 0 saturated carbocycles. The predicted octanol–water partition coefficient (Wildman–Crippen LogP) is 3.62. The fourth-order valence-corrected chi connectivity index (χ4v) is 2.89. The highest BCUT2D eigenvalue weighted by molar-refractivity contribution is 5.26. The van der Waals surface area contributed by atoms with Gasteiger partial charge in [-0.2, -0.15) is 0 Å². The Morgan fingerprint density at radius 3 is 1.27 bits per heavy atom. The first-order chi connectivity index (χ1) is 12.7. The van der Waals surface area contributed by atoms with Crippen molar-refractivity contribution in [2.75, 3.05) is 26.2 Å². The lowest BCUT2D eigenvalue weighted by molar-refractivity contribution is 0.474. The Kier molecular flexibility index (Phi) is 9.62. The third-order valence-electron chi connectivity index (χ3n) is 4.51. The molecule has 4 N–H and O–H groups in total. The van der Waals surface area contributed by atoms with Gasteiger partial charge in [-0.25, -0.2) is 0 Å². The van der Waals surface area contributed by atoms with Gasteiger partial charge >= 0.3 is 0 Å². The van der Waals surface area contributed by atoms with E-state index >= 15 is 0 Å². The van der Waals surface area contributed by atoms with Crippen LogP contribution in [0.4, 0.5) is 0 Å². The summed E-state index contributed by atoms with van der Waals surface area (Å²) in [5.41, 5.74) is 2.52. The fraction of sp³-hybridized carbons (Fsp3) is 0.455. The minimum atomic E-state index is 0.330. The molecule has 142 valence electrons. The summed E-state index contributed by atoms with van der Waals surface area (Å²) in [7, 11) is 0. The number of phenolic OH excluding ortho intramolecular Hbond substituents is 2. The monoisotopic (exact) mass is 356 g/mol. The van der Waals surface area contributed by atoms with E-state index in [0.29, 0.717) is 11.5 Å². The minimum absolute atomic E-state index is 0.330. The predicted molar refractivity (Wildman–Crippen MR) is 108 cm³/mol. The van der Waals surface area contributed by atoms with Crippen LogP contribution in [0.2, 0.25) is 0 Å². The molecule has 0 aliphatic carbocycles. The average Bonchev–Trinajstić information content (AvgIpc) is 2.65. The molecule has 0 heterocycles. The van der Waals surface area contributed by atoms with Gasteiger partial charge in [-0.3, -0.25) is 0 Å². The van der Waals surface area contributed by atoms with Crippen molar-refractivity contribution in [3.05, 3.63) is 59.7 Å². The number of hydrogen-bond acceptors (Lipinski definition) is 4. The number of unbranched alkanes of at least 4 members (excludes halogenated alkanes) is 3. The zero-order valence-electron chi connectivity index (χ0n) is 15.6. The topological polar surface area (TPSA) is 64.5 Å². The molecule has 0 aromatic heterocycles. The van der Waals surface area contributed by atoms with E-state index in [1.54, 1.807) is 24.3 Å². The SMILES string of the molecule is Oc1ccc(CCNCCCCCCNCCc2ccc(O)cc2)cc1. The Morgan fingerprint density at radius 2 is 0.885 bits per heavy atom. The summed E-state index contributed by atoms with van der Waals surface area (Å²) in [5.74, 6) is 0.660. The maximum atomic E-state index is 9.25. The van der Waals surface area contributed by atoms with Crippen molar-refractivity contribution in [2.45, 2.75) is 38.5 Å². The lowest BCUT2D eigenvalue weighted by Gasteiger charge is -2.07. The van der Waals surface area contributed by atoms with Crippen molar-refractivity contribution in [3.63, 3.8) is 0 Å². The van der Waals surface area contributed by atoms with Crippen molar-refractivity contribution in [2.24, 2.45) is 0 Å². The van der Waals surface area contributed by atoms with Gasteiger partial charge in [0.05, 0.1) is 0 Å². The van der Waals surface area contributed by atoms with Crippen molar-refractivity contribution >= 4 is 0 Å². The van der Waals surface area contributed by atoms with Crippen LogP contribution in [0, 0.1) is 0 Å². The largest absolute Gasteiger partial charge is 0.508 e.